The molecule has 148 valence electrons. The van der Waals surface area contributed by atoms with Gasteiger partial charge in [0.2, 0.25) is 0 Å². The van der Waals surface area contributed by atoms with Crippen LogP contribution in [0.25, 0.3) is 0 Å². The highest BCUT2D eigenvalue weighted by Gasteiger charge is 2.36. The van der Waals surface area contributed by atoms with Gasteiger partial charge in [0.1, 0.15) is 5.60 Å². The number of hydrogen-bond donors (Lipinski definition) is 1. The second-order valence-electron chi connectivity index (χ2n) is 6.93. The molecule has 0 aliphatic heterocycles. The number of carboxylic acid groups (broad SMARTS) is 1. The van der Waals surface area contributed by atoms with Crippen LogP contribution < -0.4 is 0 Å². The highest BCUT2D eigenvalue weighted by molar-refractivity contribution is 5.75. The molecule has 1 aromatic carbocycles. The number of aryl methyl sites for hydroxylation is 1. The molecule has 1 aliphatic carbocycles. The lowest BCUT2D eigenvalue weighted by Crippen LogP contribution is -2.31. The Morgan fingerprint density at radius 3 is 2.37 bits per heavy atom. The molecule has 3 nitrogen and oxygen atoms in total. The molecule has 0 amide bonds. The Morgan fingerprint density at radius 1 is 1.11 bits per heavy atom. The van der Waals surface area contributed by atoms with E-state index in [0.717, 1.165) is 24.8 Å². The van der Waals surface area contributed by atoms with Gasteiger partial charge in [0.25, 0.3) is 0 Å². The molecular formula is C22H28F2O3. The van der Waals surface area contributed by atoms with Gasteiger partial charge in [0.15, 0.2) is 0 Å². The van der Waals surface area contributed by atoms with E-state index < -0.39 is 24.1 Å². The van der Waals surface area contributed by atoms with Crippen LogP contribution in [0, 0.1) is 5.92 Å². The summed E-state index contributed by atoms with van der Waals surface area (Å²) >= 11 is 0. The van der Waals surface area contributed by atoms with Crippen LogP contribution in [0.4, 0.5) is 8.78 Å². The number of alkyl halides is 2. The van der Waals surface area contributed by atoms with Gasteiger partial charge in [-0.3, -0.25) is 4.79 Å². The number of ether oxygens (including phenoxy) is 1. The minimum Gasteiger partial charge on any atom is -0.481 e. The molecule has 2 rings (SSSR count). The minimum absolute atomic E-state index is 0.648. The second kappa shape index (κ2) is 10.4. The molecule has 5 heteroatoms. The summed E-state index contributed by atoms with van der Waals surface area (Å²) in [5, 5.41) is 9.13. The molecular weight excluding hydrogens is 350 g/mol. The SMILES string of the molecule is CCCCCCCCc1ccccc1C1(OC(F)F)C=CC(C(=O)O)C=C1. The molecule has 1 aromatic rings. The van der Waals surface area contributed by atoms with Crippen molar-refractivity contribution in [1.29, 1.82) is 0 Å². The van der Waals surface area contributed by atoms with Crippen molar-refractivity contribution in [3.05, 3.63) is 59.7 Å². The number of carbonyl (C=O) groups is 1. The number of unbranched alkanes of at least 4 members (excludes halogenated alkanes) is 5. The summed E-state index contributed by atoms with van der Waals surface area (Å²) in [7, 11) is 0. The third kappa shape index (κ3) is 5.99. The summed E-state index contributed by atoms with van der Waals surface area (Å²) in [6.07, 6.45) is 13.4. The van der Waals surface area contributed by atoms with Gasteiger partial charge < -0.3 is 9.84 Å². The lowest BCUT2D eigenvalue weighted by molar-refractivity contribution is -0.180. The fraction of sp³-hybridized carbons (Fsp3) is 0.500. The maximum Gasteiger partial charge on any atom is 0.346 e. The zero-order valence-corrected chi connectivity index (χ0v) is 15.7. The van der Waals surface area contributed by atoms with Crippen molar-refractivity contribution in [3.8, 4) is 0 Å². The molecule has 0 bridgehead atoms. The van der Waals surface area contributed by atoms with Crippen molar-refractivity contribution in [2.24, 2.45) is 5.92 Å². The summed E-state index contributed by atoms with van der Waals surface area (Å²) in [5.41, 5.74) is 0.172. The second-order valence-corrected chi connectivity index (χ2v) is 6.93. The van der Waals surface area contributed by atoms with Crippen LogP contribution in [-0.2, 0) is 21.6 Å². The molecule has 27 heavy (non-hydrogen) atoms. The summed E-state index contributed by atoms with van der Waals surface area (Å²) in [5.74, 6) is -1.85. The molecule has 0 atom stereocenters. The van der Waals surface area contributed by atoms with E-state index in [9.17, 15) is 13.6 Å². The van der Waals surface area contributed by atoms with Gasteiger partial charge in [0.05, 0.1) is 5.92 Å². The third-order valence-electron chi connectivity index (χ3n) is 4.91. The van der Waals surface area contributed by atoms with Crippen molar-refractivity contribution in [1.82, 2.24) is 0 Å². The lowest BCUT2D eigenvalue weighted by atomic mass is 9.83. The van der Waals surface area contributed by atoms with E-state index in [4.69, 9.17) is 9.84 Å². The molecule has 0 fully saturated rings. The Bertz CT molecular complexity index is 653. The number of benzene rings is 1. The van der Waals surface area contributed by atoms with Crippen LogP contribution in [0.3, 0.4) is 0 Å². The van der Waals surface area contributed by atoms with Crippen molar-refractivity contribution in [3.63, 3.8) is 0 Å². The van der Waals surface area contributed by atoms with Crippen LogP contribution in [-0.4, -0.2) is 17.7 Å². The van der Waals surface area contributed by atoms with Gasteiger partial charge in [0, 0.05) is 0 Å². The number of aliphatic carboxylic acids is 1. The van der Waals surface area contributed by atoms with Crippen molar-refractivity contribution in [2.75, 3.05) is 0 Å². The van der Waals surface area contributed by atoms with Gasteiger partial charge in [-0.2, -0.15) is 8.78 Å². The molecule has 0 aromatic heterocycles. The van der Waals surface area contributed by atoms with Gasteiger partial charge in [-0.05, 0) is 36.1 Å². The minimum atomic E-state index is -2.97. The van der Waals surface area contributed by atoms with E-state index in [1.807, 2.05) is 12.1 Å². The van der Waals surface area contributed by atoms with Crippen LogP contribution in [0.15, 0.2) is 48.6 Å². The number of rotatable bonds is 11. The van der Waals surface area contributed by atoms with E-state index >= 15 is 0 Å². The molecule has 1 aliphatic rings. The van der Waals surface area contributed by atoms with Gasteiger partial charge in [-0.25, -0.2) is 0 Å². The first-order chi connectivity index (χ1) is 13.0. The van der Waals surface area contributed by atoms with Gasteiger partial charge >= 0.3 is 12.6 Å². The maximum absolute atomic E-state index is 13.2. The zero-order chi connectivity index (χ0) is 19.7. The highest BCUT2D eigenvalue weighted by atomic mass is 19.3. The summed E-state index contributed by atoms with van der Waals surface area (Å²) in [4.78, 5) is 11.1. The van der Waals surface area contributed by atoms with Crippen LogP contribution in [0.2, 0.25) is 0 Å². The van der Waals surface area contributed by atoms with Crippen molar-refractivity contribution < 1.29 is 23.4 Å². The highest BCUT2D eigenvalue weighted by Crippen LogP contribution is 2.37. The third-order valence-corrected chi connectivity index (χ3v) is 4.91. The molecule has 0 unspecified atom stereocenters. The molecule has 0 heterocycles. The molecule has 0 spiro atoms. The van der Waals surface area contributed by atoms with Gasteiger partial charge in [-0.1, -0.05) is 75.4 Å². The molecule has 1 N–H and O–H groups in total. The average molecular weight is 378 g/mol. The smallest absolute Gasteiger partial charge is 0.346 e. The quantitative estimate of drug-likeness (QED) is 0.388. The predicted octanol–water partition coefficient (Wildman–Crippen LogP) is 5.85. The molecule has 0 saturated heterocycles. The first-order valence-corrected chi connectivity index (χ1v) is 9.64. The van der Waals surface area contributed by atoms with Crippen molar-refractivity contribution >= 4 is 5.97 Å². The zero-order valence-electron chi connectivity index (χ0n) is 15.7. The Kier molecular flexibility index (Phi) is 8.17. The Labute approximate surface area is 159 Å². The summed E-state index contributed by atoms with van der Waals surface area (Å²) in [6.45, 7) is -0.790. The summed E-state index contributed by atoms with van der Waals surface area (Å²) in [6, 6.07) is 7.40. The Hall–Kier alpha value is -2.01. The van der Waals surface area contributed by atoms with Crippen molar-refractivity contribution in [2.45, 2.75) is 64.1 Å². The topological polar surface area (TPSA) is 46.5 Å². The number of hydrogen-bond acceptors (Lipinski definition) is 2. The van der Waals surface area contributed by atoms with E-state index in [1.165, 1.54) is 50.0 Å². The van der Waals surface area contributed by atoms with E-state index in [1.54, 1.807) is 12.1 Å². The fourth-order valence-electron chi connectivity index (χ4n) is 3.46. The Balaban J connectivity index is 2.18. The van der Waals surface area contributed by atoms with Crippen LogP contribution in [0.1, 0.15) is 56.6 Å². The van der Waals surface area contributed by atoms with E-state index in [0.29, 0.717) is 5.56 Å². The largest absolute Gasteiger partial charge is 0.481 e. The van der Waals surface area contributed by atoms with Crippen LogP contribution in [0.5, 0.6) is 0 Å². The molecule has 0 radical (unpaired) electrons. The number of carboxylic acids is 1. The maximum atomic E-state index is 13.2. The summed E-state index contributed by atoms with van der Waals surface area (Å²) < 4.78 is 31.3. The monoisotopic (exact) mass is 378 g/mol. The number of halogens is 2. The molecule has 0 saturated carbocycles. The fourth-order valence-corrected chi connectivity index (χ4v) is 3.46. The normalized spacial score (nSPS) is 21.7. The van der Waals surface area contributed by atoms with E-state index in [2.05, 4.69) is 6.92 Å². The average Bonchev–Trinajstić information content (AvgIpc) is 2.64. The lowest BCUT2D eigenvalue weighted by Gasteiger charge is -2.32. The van der Waals surface area contributed by atoms with Crippen LogP contribution >= 0.6 is 0 Å². The van der Waals surface area contributed by atoms with E-state index in [-0.39, 0.29) is 0 Å². The standard InChI is InChI=1S/C22H28F2O3/c1-2-3-4-5-6-7-10-17-11-8-9-12-19(17)22(27-21(23)24)15-13-18(14-16-22)20(25)26/h8-9,11-16,18,21H,2-7,10H2,1H3,(H,25,26). The predicted molar refractivity (Wildman–Crippen MR) is 102 cm³/mol. The Morgan fingerprint density at radius 2 is 1.74 bits per heavy atom. The van der Waals surface area contributed by atoms with Gasteiger partial charge in [-0.15, -0.1) is 0 Å². The first kappa shape index (κ1) is 21.3. The first-order valence-electron chi connectivity index (χ1n) is 9.64.